The molecule has 0 radical (unpaired) electrons. The smallest absolute Gasteiger partial charge is 0.392 e. The van der Waals surface area contributed by atoms with Crippen molar-refractivity contribution >= 4 is 11.9 Å². The predicted molar refractivity (Wildman–Crippen MR) is 88.8 cm³/mol. The number of carbonyl (C=O) groups is 1. The van der Waals surface area contributed by atoms with Gasteiger partial charge < -0.3 is 5.11 Å². The summed E-state index contributed by atoms with van der Waals surface area (Å²) < 4.78 is 37.8. The maximum atomic E-state index is 12.6. The minimum absolute atomic E-state index is 0.0271. The molecule has 0 bridgehead atoms. The van der Waals surface area contributed by atoms with Crippen LogP contribution in [0.1, 0.15) is 29.0 Å². The van der Waals surface area contributed by atoms with Crippen LogP contribution in [0.2, 0.25) is 0 Å². The topological polar surface area (TPSA) is 37.3 Å². The number of rotatable bonds is 3. The highest BCUT2D eigenvalue weighted by molar-refractivity contribution is 5.89. The Bertz CT molecular complexity index is 764. The van der Waals surface area contributed by atoms with Crippen LogP contribution in [-0.4, -0.2) is 17.0 Å². The van der Waals surface area contributed by atoms with Gasteiger partial charge in [0, 0.05) is 12.3 Å². The van der Waals surface area contributed by atoms with Crippen LogP contribution in [0, 0.1) is 5.92 Å². The number of aliphatic hydroxyl groups excluding tert-OH is 1. The Morgan fingerprint density at radius 2 is 1.64 bits per heavy atom. The molecular formula is C20H17F3O2. The Morgan fingerprint density at radius 1 is 1.00 bits per heavy atom. The van der Waals surface area contributed by atoms with Gasteiger partial charge in [-0.15, -0.1) is 0 Å². The minimum atomic E-state index is -4.37. The van der Waals surface area contributed by atoms with Gasteiger partial charge in [0.1, 0.15) is 5.78 Å². The van der Waals surface area contributed by atoms with Gasteiger partial charge in [-0.3, -0.25) is 4.79 Å². The summed E-state index contributed by atoms with van der Waals surface area (Å²) >= 11 is 0. The number of Topliss-reactive ketones (excluding diaryl/α,β-unsaturated/α-hetero) is 1. The van der Waals surface area contributed by atoms with Gasteiger partial charge in [0.2, 0.25) is 0 Å². The van der Waals surface area contributed by atoms with Crippen molar-refractivity contribution in [3.8, 4) is 0 Å². The van der Waals surface area contributed by atoms with E-state index in [0.29, 0.717) is 5.56 Å². The molecule has 1 N–H and O–H groups in total. The number of hydrogen-bond acceptors (Lipinski definition) is 2. The molecule has 5 heteroatoms. The highest BCUT2D eigenvalue weighted by atomic mass is 19.4. The number of hydrogen-bond donors (Lipinski definition) is 1. The third-order valence-electron chi connectivity index (χ3n) is 4.49. The van der Waals surface area contributed by atoms with Crippen LogP contribution in [0.3, 0.4) is 0 Å². The minimum Gasteiger partial charge on any atom is -0.392 e. The zero-order valence-electron chi connectivity index (χ0n) is 13.3. The number of halogens is 3. The second kappa shape index (κ2) is 6.84. The fourth-order valence-electron chi connectivity index (χ4n) is 3.22. The molecule has 130 valence electrons. The van der Waals surface area contributed by atoms with E-state index < -0.39 is 29.7 Å². The maximum absolute atomic E-state index is 12.6. The zero-order valence-corrected chi connectivity index (χ0v) is 13.3. The molecule has 0 unspecified atom stereocenters. The van der Waals surface area contributed by atoms with E-state index in [0.717, 1.165) is 17.7 Å². The first-order valence-corrected chi connectivity index (χ1v) is 7.97. The van der Waals surface area contributed by atoms with Crippen molar-refractivity contribution in [1.82, 2.24) is 0 Å². The molecule has 0 saturated heterocycles. The van der Waals surface area contributed by atoms with E-state index in [1.54, 1.807) is 12.2 Å². The molecule has 2 nitrogen and oxygen atoms in total. The predicted octanol–water partition coefficient (Wildman–Crippen LogP) is 4.45. The highest BCUT2D eigenvalue weighted by Gasteiger charge is 2.40. The second-order valence-corrected chi connectivity index (χ2v) is 6.18. The van der Waals surface area contributed by atoms with E-state index >= 15 is 0 Å². The maximum Gasteiger partial charge on any atom is 0.416 e. The molecule has 25 heavy (non-hydrogen) atoms. The molecule has 0 heterocycles. The number of benzene rings is 2. The van der Waals surface area contributed by atoms with Crippen LogP contribution in [0.5, 0.6) is 0 Å². The lowest BCUT2D eigenvalue weighted by atomic mass is 9.87. The Kier molecular flexibility index (Phi) is 4.77. The Labute approximate surface area is 143 Å². The molecular weight excluding hydrogens is 329 g/mol. The van der Waals surface area contributed by atoms with Crippen molar-refractivity contribution < 1.29 is 23.1 Å². The normalized spacial score (nSPS) is 24.2. The van der Waals surface area contributed by atoms with Gasteiger partial charge in [-0.25, -0.2) is 0 Å². The Morgan fingerprint density at radius 3 is 2.24 bits per heavy atom. The third kappa shape index (κ3) is 3.82. The first-order chi connectivity index (χ1) is 11.9. The summed E-state index contributed by atoms with van der Waals surface area (Å²) in [5.41, 5.74) is 0.723. The lowest BCUT2D eigenvalue weighted by Crippen LogP contribution is -2.16. The fraction of sp³-hybridized carbons (Fsp3) is 0.250. The quantitative estimate of drug-likeness (QED) is 0.891. The molecule has 2 aromatic rings. The van der Waals surface area contributed by atoms with Crippen LogP contribution in [0.15, 0.2) is 60.7 Å². The van der Waals surface area contributed by atoms with E-state index in [2.05, 4.69) is 0 Å². The van der Waals surface area contributed by atoms with Crippen molar-refractivity contribution in [2.75, 3.05) is 0 Å². The average molecular weight is 346 g/mol. The molecule has 0 aromatic heterocycles. The van der Waals surface area contributed by atoms with Crippen molar-refractivity contribution in [3.63, 3.8) is 0 Å². The van der Waals surface area contributed by atoms with Gasteiger partial charge in [-0.1, -0.05) is 54.6 Å². The SMILES string of the molecule is O=C1C[C@H](O)[C@@H](/C=C/c2ccc(C(F)(F)F)cc2)[C@@H]1c1ccccc1. The summed E-state index contributed by atoms with van der Waals surface area (Å²) in [7, 11) is 0. The highest BCUT2D eigenvalue weighted by Crippen LogP contribution is 2.38. The largest absolute Gasteiger partial charge is 0.416 e. The summed E-state index contributed by atoms with van der Waals surface area (Å²) in [5.74, 6) is -0.847. The lowest BCUT2D eigenvalue weighted by Gasteiger charge is -2.17. The van der Waals surface area contributed by atoms with Gasteiger partial charge in [-0.05, 0) is 23.3 Å². The van der Waals surface area contributed by atoms with Gasteiger partial charge in [0.25, 0.3) is 0 Å². The van der Waals surface area contributed by atoms with Crippen LogP contribution in [0.4, 0.5) is 13.2 Å². The van der Waals surface area contributed by atoms with Gasteiger partial charge >= 0.3 is 6.18 Å². The average Bonchev–Trinajstić information content (AvgIpc) is 2.87. The van der Waals surface area contributed by atoms with E-state index in [1.807, 2.05) is 30.3 Å². The van der Waals surface area contributed by atoms with E-state index in [1.165, 1.54) is 12.1 Å². The van der Waals surface area contributed by atoms with Gasteiger partial charge in [0.15, 0.2) is 0 Å². The molecule has 0 amide bonds. The van der Waals surface area contributed by atoms with E-state index in [9.17, 15) is 23.1 Å². The van der Waals surface area contributed by atoms with Crippen molar-refractivity contribution in [2.24, 2.45) is 5.92 Å². The lowest BCUT2D eigenvalue weighted by molar-refractivity contribution is -0.137. The Hall–Kier alpha value is -2.40. The molecule has 1 aliphatic carbocycles. The summed E-state index contributed by atoms with van der Waals surface area (Å²) in [5, 5.41) is 10.2. The van der Waals surface area contributed by atoms with Crippen molar-refractivity contribution in [3.05, 3.63) is 77.4 Å². The van der Waals surface area contributed by atoms with Crippen molar-refractivity contribution in [2.45, 2.75) is 24.6 Å². The summed E-state index contributed by atoms with van der Waals surface area (Å²) in [6.07, 6.45) is -1.70. The third-order valence-corrected chi connectivity index (χ3v) is 4.49. The number of alkyl halides is 3. The first kappa shape index (κ1) is 17.4. The van der Waals surface area contributed by atoms with Crippen LogP contribution in [0.25, 0.3) is 6.08 Å². The molecule has 1 fully saturated rings. The summed E-state index contributed by atoms with van der Waals surface area (Å²) in [6.45, 7) is 0. The number of carbonyl (C=O) groups excluding carboxylic acids is 1. The fourth-order valence-corrected chi connectivity index (χ4v) is 3.22. The standard InChI is InChI=1S/C20H17F3O2/c21-20(22,23)15-9-6-13(7-10-15)8-11-16-17(24)12-18(25)19(16)14-4-2-1-3-5-14/h1-11,16-17,19,24H,12H2/b11-8+/t16-,17+,19+/m1/s1. The van der Waals surface area contributed by atoms with E-state index in [4.69, 9.17) is 0 Å². The van der Waals surface area contributed by atoms with Crippen LogP contribution in [-0.2, 0) is 11.0 Å². The molecule has 1 saturated carbocycles. The van der Waals surface area contributed by atoms with Gasteiger partial charge in [-0.2, -0.15) is 13.2 Å². The Balaban J connectivity index is 1.82. The number of ketones is 1. The van der Waals surface area contributed by atoms with Crippen LogP contribution >= 0.6 is 0 Å². The molecule has 1 aliphatic rings. The van der Waals surface area contributed by atoms with Crippen molar-refractivity contribution in [1.29, 1.82) is 0 Å². The van der Waals surface area contributed by atoms with Crippen LogP contribution < -0.4 is 0 Å². The summed E-state index contributed by atoms with van der Waals surface area (Å²) in [6, 6.07) is 14.0. The van der Waals surface area contributed by atoms with Gasteiger partial charge in [0.05, 0.1) is 17.6 Å². The monoisotopic (exact) mass is 346 g/mol. The molecule has 2 aromatic carbocycles. The zero-order chi connectivity index (χ0) is 18.0. The van der Waals surface area contributed by atoms with E-state index in [-0.39, 0.29) is 12.2 Å². The molecule has 3 atom stereocenters. The molecule has 3 rings (SSSR count). The summed E-state index contributed by atoms with van der Waals surface area (Å²) in [4.78, 5) is 12.2. The number of aliphatic hydroxyl groups is 1. The second-order valence-electron chi connectivity index (χ2n) is 6.18. The molecule has 0 aliphatic heterocycles. The molecule has 0 spiro atoms. The first-order valence-electron chi connectivity index (χ1n) is 7.97.